The molecule has 0 aromatic heterocycles. The molecule has 0 saturated heterocycles. The van der Waals surface area contributed by atoms with E-state index in [2.05, 4.69) is 5.32 Å². The zero-order valence-electron chi connectivity index (χ0n) is 12.9. The van der Waals surface area contributed by atoms with Crippen molar-refractivity contribution in [3.05, 3.63) is 57.6 Å². The molecular formula is C17H17Cl2NO3. The number of amides is 1. The maximum Gasteiger partial charge on any atom is 0.258 e. The van der Waals surface area contributed by atoms with E-state index in [9.17, 15) is 4.79 Å². The molecule has 0 fully saturated rings. The number of halogens is 2. The Morgan fingerprint density at radius 2 is 1.91 bits per heavy atom. The molecule has 0 radical (unpaired) electrons. The zero-order valence-corrected chi connectivity index (χ0v) is 14.4. The second kappa shape index (κ2) is 8.09. The van der Waals surface area contributed by atoms with Crippen LogP contribution in [0.5, 0.6) is 11.5 Å². The molecule has 2 rings (SSSR count). The summed E-state index contributed by atoms with van der Waals surface area (Å²) in [5, 5.41) is 3.61. The second-order valence-corrected chi connectivity index (χ2v) is 5.76. The summed E-state index contributed by atoms with van der Waals surface area (Å²) in [6.07, 6.45) is 0. The monoisotopic (exact) mass is 353 g/mol. The van der Waals surface area contributed by atoms with Crippen molar-refractivity contribution in [2.75, 3.05) is 13.7 Å². The summed E-state index contributed by atoms with van der Waals surface area (Å²) >= 11 is 11.7. The van der Waals surface area contributed by atoms with Gasteiger partial charge in [0, 0.05) is 12.6 Å². The SMILES string of the molecule is COc1cc(CNC(=O)COc2ccc(Cl)c(Cl)c2)ccc1C. The summed E-state index contributed by atoms with van der Waals surface area (Å²) in [5.41, 5.74) is 2.00. The van der Waals surface area contributed by atoms with Gasteiger partial charge in [-0.3, -0.25) is 4.79 Å². The Morgan fingerprint density at radius 1 is 1.13 bits per heavy atom. The van der Waals surface area contributed by atoms with Crippen LogP contribution in [-0.4, -0.2) is 19.6 Å². The highest BCUT2D eigenvalue weighted by Gasteiger charge is 2.06. The van der Waals surface area contributed by atoms with Crippen molar-refractivity contribution in [3.8, 4) is 11.5 Å². The molecule has 122 valence electrons. The van der Waals surface area contributed by atoms with Gasteiger partial charge in [-0.05, 0) is 36.2 Å². The van der Waals surface area contributed by atoms with Crippen molar-refractivity contribution >= 4 is 29.1 Å². The highest BCUT2D eigenvalue weighted by molar-refractivity contribution is 6.42. The van der Waals surface area contributed by atoms with Crippen molar-refractivity contribution in [2.24, 2.45) is 0 Å². The molecule has 0 heterocycles. The molecule has 6 heteroatoms. The first-order valence-corrected chi connectivity index (χ1v) is 7.73. The zero-order chi connectivity index (χ0) is 16.8. The predicted octanol–water partition coefficient (Wildman–Crippen LogP) is 4.01. The topological polar surface area (TPSA) is 47.6 Å². The number of aryl methyl sites for hydroxylation is 1. The molecule has 0 atom stereocenters. The van der Waals surface area contributed by atoms with E-state index in [-0.39, 0.29) is 12.5 Å². The van der Waals surface area contributed by atoms with Gasteiger partial charge in [-0.25, -0.2) is 0 Å². The van der Waals surface area contributed by atoms with Gasteiger partial charge in [-0.15, -0.1) is 0 Å². The highest BCUT2D eigenvalue weighted by atomic mass is 35.5. The average Bonchev–Trinajstić information content (AvgIpc) is 2.55. The molecule has 2 aromatic carbocycles. The molecule has 4 nitrogen and oxygen atoms in total. The first-order chi connectivity index (χ1) is 11.0. The third kappa shape index (κ3) is 5.05. The van der Waals surface area contributed by atoms with Gasteiger partial charge in [0.1, 0.15) is 11.5 Å². The summed E-state index contributed by atoms with van der Waals surface area (Å²) in [4.78, 5) is 11.8. The molecule has 0 saturated carbocycles. The lowest BCUT2D eigenvalue weighted by Gasteiger charge is -2.10. The Hall–Kier alpha value is -1.91. The molecule has 1 amide bonds. The number of carbonyl (C=O) groups excluding carboxylic acids is 1. The third-order valence-corrected chi connectivity index (χ3v) is 3.96. The van der Waals surface area contributed by atoms with Gasteiger partial charge < -0.3 is 14.8 Å². The van der Waals surface area contributed by atoms with Gasteiger partial charge in [0.15, 0.2) is 6.61 Å². The number of hydrogen-bond acceptors (Lipinski definition) is 3. The number of carbonyl (C=O) groups is 1. The van der Waals surface area contributed by atoms with Crippen LogP contribution in [0.15, 0.2) is 36.4 Å². The van der Waals surface area contributed by atoms with Crippen LogP contribution in [-0.2, 0) is 11.3 Å². The fourth-order valence-corrected chi connectivity index (χ4v) is 2.23. The molecule has 0 bridgehead atoms. The van der Waals surface area contributed by atoms with Crippen LogP contribution in [0.1, 0.15) is 11.1 Å². The van der Waals surface area contributed by atoms with Gasteiger partial charge in [-0.1, -0.05) is 35.3 Å². The van der Waals surface area contributed by atoms with Crippen molar-refractivity contribution in [2.45, 2.75) is 13.5 Å². The van der Waals surface area contributed by atoms with E-state index >= 15 is 0 Å². The first-order valence-electron chi connectivity index (χ1n) is 6.97. The summed E-state index contributed by atoms with van der Waals surface area (Å²) in [6.45, 7) is 2.27. The number of hydrogen-bond donors (Lipinski definition) is 1. The van der Waals surface area contributed by atoms with Crippen molar-refractivity contribution in [3.63, 3.8) is 0 Å². The van der Waals surface area contributed by atoms with Crippen LogP contribution < -0.4 is 14.8 Å². The van der Waals surface area contributed by atoms with E-state index in [1.54, 1.807) is 25.3 Å². The number of ether oxygens (including phenoxy) is 2. The fraction of sp³-hybridized carbons (Fsp3) is 0.235. The maximum atomic E-state index is 11.8. The van der Waals surface area contributed by atoms with Gasteiger partial charge in [0.05, 0.1) is 17.2 Å². The van der Waals surface area contributed by atoms with Crippen molar-refractivity contribution < 1.29 is 14.3 Å². The molecule has 0 aliphatic carbocycles. The molecule has 2 aromatic rings. The van der Waals surface area contributed by atoms with Crippen LogP contribution in [0.3, 0.4) is 0 Å². The van der Waals surface area contributed by atoms with E-state index in [4.69, 9.17) is 32.7 Å². The largest absolute Gasteiger partial charge is 0.496 e. The minimum atomic E-state index is -0.226. The third-order valence-electron chi connectivity index (χ3n) is 3.22. The second-order valence-electron chi connectivity index (χ2n) is 4.95. The summed E-state index contributed by atoms with van der Waals surface area (Å²) in [6, 6.07) is 10.6. The Labute approximate surface area is 145 Å². The predicted molar refractivity (Wildman–Crippen MR) is 91.5 cm³/mol. The number of methoxy groups -OCH3 is 1. The fourth-order valence-electron chi connectivity index (χ4n) is 1.94. The molecule has 1 N–H and O–H groups in total. The van der Waals surface area contributed by atoms with Gasteiger partial charge in [0.2, 0.25) is 0 Å². The minimum Gasteiger partial charge on any atom is -0.496 e. The molecule has 0 spiro atoms. The number of nitrogens with one attached hydrogen (secondary N) is 1. The Bertz CT molecular complexity index is 704. The lowest BCUT2D eigenvalue weighted by Crippen LogP contribution is -2.28. The normalized spacial score (nSPS) is 10.3. The van der Waals surface area contributed by atoms with Gasteiger partial charge in [-0.2, -0.15) is 0 Å². The molecule has 23 heavy (non-hydrogen) atoms. The molecule has 0 aliphatic heterocycles. The molecular weight excluding hydrogens is 337 g/mol. The van der Waals surface area contributed by atoms with Gasteiger partial charge >= 0.3 is 0 Å². The van der Waals surface area contributed by atoms with Gasteiger partial charge in [0.25, 0.3) is 5.91 Å². The summed E-state index contributed by atoms with van der Waals surface area (Å²) in [7, 11) is 1.62. The van der Waals surface area contributed by atoms with E-state index in [1.807, 2.05) is 25.1 Å². The van der Waals surface area contributed by atoms with Crippen LogP contribution in [0.4, 0.5) is 0 Å². The van der Waals surface area contributed by atoms with Crippen molar-refractivity contribution in [1.29, 1.82) is 0 Å². The van der Waals surface area contributed by atoms with E-state index < -0.39 is 0 Å². The quantitative estimate of drug-likeness (QED) is 0.853. The van der Waals surface area contributed by atoms with E-state index in [0.717, 1.165) is 16.9 Å². The summed E-state index contributed by atoms with van der Waals surface area (Å²) < 4.78 is 10.6. The Morgan fingerprint density at radius 3 is 2.61 bits per heavy atom. The van der Waals surface area contributed by atoms with Crippen molar-refractivity contribution in [1.82, 2.24) is 5.32 Å². The Kier molecular flexibility index (Phi) is 6.13. The van der Waals surface area contributed by atoms with Crippen LogP contribution >= 0.6 is 23.2 Å². The molecule has 0 unspecified atom stereocenters. The van der Waals surface area contributed by atoms with Crippen LogP contribution in [0, 0.1) is 6.92 Å². The van der Waals surface area contributed by atoms with Crippen LogP contribution in [0.25, 0.3) is 0 Å². The smallest absolute Gasteiger partial charge is 0.258 e. The standard InChI is InChI=1S/C17H17Cl2NO3/c1-11-3-4-12(7-16(11)22-2)9-20-17(21)10-23-13-5-6-14(18)15(19)8-13/h3-8H,9-10H2,1-2H3,(H,20,21). The number of rotatable bonds is 6. The number of benzene rings is 2. The Balaban J connectivity index is 1.84. The average molecular weight is 354 g/mol. The lowest BCUT2D eigenvalue weighted by molar-refractivity contribution is -0.123. The van der Waals surface area contributed by atoms with E-state index in [1.165, 1.54) is 0 Å². The van der Waals surface area contributed by atoms with E-state index in [0.29, 0.717) is 22.3 Å². The highest BCUT2D eigenvalue weighted by Crippen LogP contribution is 2.26. The minimum absolute atomic E-state index is 0.0963. The molecule has 0 aliphatic rings. The van der Waals surface area contributed by atoms with Crippen LogP contribution in [0.2, 0.25) is 10.0 Å². The summed E-state index contributed by atoms with van der Waals surface area (Å²) in [5.74, 6) is 1.06. The maximum absolute atomic E-state index is 11.8. The first kappa shape index (κ1) is 17.4. The lowest BCUT2D eigenvalue weighted by atomic mass is 10.1.